The number of alkyl halides is 3. The van der Waals surface area contributed by atoms with Crippen LogP contribution in [0.1, 0.15) is 65.9 Å². The first-order valence-electron chi connectivity index (χ1n) is 12.1. The summed E-state index contributed by atoms with van der Waals surface area (Å²) >= 11 is 0. The summed E-state index contributed by atoms with van der Waals surface area (Å²) in [5.41, 5.74) is 0.683. The van der Waals surface area contributed by atoms with Crippen LogP contribution in [0, 0.1) is 5.92 Å². The Morgan fingerprint density at radius 2 is 2.03 bits per heavy atom. The standard InChI is InChI=1S/C25H34F3N3O5/c1-4-20-22-21(7-5-11-35-12-6-10-29-23(22)32)31(30-20)14-16(2)15-36-24(33)18-13-17(34-3)8-9-19(18)25(26,27)28/h8-9,13,16,24,33H,4-7,10-12,14-15H2,1-3H3,(H,29,32)/t16-,24?/m1/s1. The molecule has 0 radical (unpaired) electrons. The van der Waals surface area contributed by atoms with Crippen LogP contribution in [0.2, 0.25) is 0 Å². The number of aliphatic hydroxyl groups excluding tert-OH is 1. The van der Waals surface area contributed by atoms with Gasteiger partial charge in [0.1, 0.15) is 5.75 Å². The molecule has 2 aromatic rings. The normalized spacial score (nSPS) is 17.0. The Hall–Kier alpha value is -2.63. The Labute approximate surface area is 208 Å². The largest absolute Gasteiger partial charge is 0.497 e. The Kier molecular flexibility index (Phi) is 9.75. The van der Waals surface area contributed by atoms with E-state index in [1.807, 2.05) is 13.8 Å². The topological polar surface area (TPSA) is 94.8 Å². The Morgan fingerprint density at radius 3 is 2.72 bits per heavy atom. The van der Waals surface area contributed by atoms with Gasteiger partial charge in [-0.1, -0.05) is 13.8 Å². The number of rotatable bonds is 8. The number of carbonyl (C=O) groups excluding carboxylic acids is 1. The fourth-order valence-corrected chi connectivity index (χ4v) is 4.20. The van der Waals surface area contributed by atoms with Gasteiger partial charge in [0.05, 0.1) is 36.2 Å². The number of nitrogens with one attached hydrogen (secondary N) is 1. The van der Waals surface area contributed by atoms with Crippen molar-refractivity contribution in [1.29, 1.82) is 0 Å². The molecule has 1 amide bonds. The molecule has 2 heterocycles. The molecular formula is C25H34F3N3O5. The van der Waals surface area contributed by atoms with Gasteiger partial charge >= 0.3 is 6.18 Å². The molecule has 200 valence electrons. The Morgan fingerprint density at radius 1 is 1.28 bits per heavy atom. The van der Waals surface area contributed by atoms with Crippen molar-refractivity contribution < 1.29 is 37.3 Å². The zero-order valence-corrected chi connectivity index (χ0v) is 20.9. The Balaban J connectivity index is 1.75. The smallest absolute Gasteiger partial charge is 0.416 e. The maximum absolute atomic E-state index is 13.4. The van der Waals surface area contributed by atoms with Crippen LogP contribution < -0.4 is 10.1 Å². The molecular weight excluding hydrogens is 479 g/mol. The van der Waals surface area contributed by atoms with Gasteiger partial charge in [-0.2, -0.15) is 18.3 Å². The lowest BCUT2D eigenvalue weighted by Gasteiger charge is -2.21. The van der Waals surface area contributed by atoms with Gasteiger partial charge in [-0.05, 0) is 49.8 Å². The molecule has 0 saturated heterocycles. The van der Waals surface area contributed by atoms with E-state index in [9.17, 15) is 23.1 Å². The van der Waals surface area contributed by atoms with Crippen LogP contribution in [0.15, 0.2) is 18.2 Å². The summed E-state index contributed by atoms with van der Waals surface area (Å²) in [6.45, 7) is 5.80. The minimum absolute atomic E-state index is 0.0267. The first-order valence-corrected chi connectivity index (χ1v) is 12.1. The van der Waals surface area contributed by atoms with Crippen molar-refractivity contribution in [3.63, 3.8) is 0 Å². The predicted molar refractivity (Wildman–Crippen MR) is 126 cm³/mol. The highest BCUT2D eigenvalue weighted by molar-refractivity contribution is 5.96. The molecule has 2 atom stereocenters. The fourth-order valence-electron chi connectivity index (χ4n) is 4.20. The van der Waals surface area contributed by atoms with Gasteiger partial charge in [-0.15, -0.1) is 0 Å². The van der Waals surface area contributed by atoms with Crippen LogP contribution in [-0.4, -0.2) is 54.3 Å². The lowest BCUT2D eigenvalue weighted by molar-refractivity contribution is -0.149. The van der Waals surface area contributed by atoms with E-state index in [2.05, 4.69) is 10.4 Å². The van der Waals surface area contributed by atoms with Crippen LogP contribution >= 0.6 is 0 Å². The number of methoxy groups -OCH3 is 1. The number of benzene rings is 1. The van der Waals surface area contributed by atoms with E-state index in [-0.39, 0.29) is 24.2 Å². The van der Waals surface area contributed by atoms with Crippen molar-refractivity contribution in [3.8, 4) is 5.75 Å². The van der Waals surface area contributed by atoms with Gasteiger partial charge in [0.15, 0.2) is 6.29 Å². The van der Waals surface area contributed by atoms with E-state index >= 15 is 0 Å². The third-order valence-electron chi connectivity index (χ3n) is 6.00. The quantitative estimate of drug-likeness (QED) is 0.520. The molecule has 0 saturated carbocycles. The number of aliphatic hydroxyl groups is 1. The molecule has 36 heavy (non-hydrogen) atoms. The average Bonchev–Trinajstić information content (AvgIpc) is 3.17. The van der Waals surface area contributed by atoms with Gasteiger partial charge in [-0.25, -0.2) is 0 Å². The van der Waals surface area contributed by atoms with Crippen molar-refractivity contribution >= 4 is 5.91 Å². The minimum atomic E-state index is -4.65. The van der Waals surface area contributed by atoms with E-state index in [1.165, 1.54) is 13.2 Å². The molecule has 8 nitrogen and oxygen atoms in total. The summed E-state index contributed by atoms with van der Waals surface area (Å²) in [6.07, 6.45) is -3.79. The van der Waals surface area contributed by atoms with Gasteiger partial charge < -0.3 is 24.6 Å². The molecule has 0 spiro atoms. The number of ether oxygens (including phenoxy) is 3. The van der Waals surface area contributed by atoms with Gasteiger partial charge in [0.25, 0.3) is 5.91 Å². The van der Waals surface area contributed by atoms with Crippen LogP contribution in [0.3, 0.4) is 0 Å². The number of aromatic nitrogens is 2. The first kappa shape index (κ1) is 27.9. The zero-order chi connectivity index (χ0) is 26.3. The van der Waals surface area contributed by atoms with Gasteiger partial charge in [0, 0.05) is 31.9 Å². The monoisotopic (exact) mass is 513 g/mol. The maximum Gasteiger partial charge on any atom is 0.416 e. The lowest BCUT2D eigenvalue weighted by Crippen LogP contribution is -2.27. The average molecular weight is 514 g/mol. The van der Waals surface area contributed by atoms with Crippen LogP contribution in [0.5, 0.6) is 5.75 Å². The molecule has 3 rings (SSSR count). The number of hydrogen-bond acceptors (Lipinski definition) is 6. The molecule has 0 fully saturated rings. The molecule has 0 bridgehead atoms. The van der Waals surface area contributed by atoms with Gasteiger partial charge in [0.2, 0.25) is 0 Å². The highest BCUT2D eigenvalue weighted by atomic mass is 19.4. The van der Waals surface area contributed by atoms with E-state index in [4.69, 9.17) is 14.2 Å². The van der Waals surface area contributed by atoms with Crippen molar-refractivity contribution in [2.24, 2.45) is 5.92 Å². The molecule has 1 aliphatic rings. The predicted octanol–water partition coefficient (Wildman–Crippen LogP) is 3.90. The summed E-state index contributed by atoms with van der Waals surface area (Å²) in [5.74, 6) is -0.196. The number of amides is 1. The number of halogens is 3. The number of hydrogen-bond donors (Lipinski definition) is 2. The van der Waals surface area contributed by atoms with E-state index in [0.29, 0.717) is 50.4 Å². The van der Waals surface area contributed by atoms with Crippen LogP contribution in [-0.2, 0) is 35.0 Å². The highest BCUT2D eigenvalue weighted by Gasteiger charge is 2.35. The van der Waals surface area contributed by atoms with Crippen molar-refractivity contribution in [3.05, 3.63) is 46.3 Å². The number of carbonyl (C=O) groups is 1. The van der Waals surface area contributed by atoms with Gasteiger partial charge in [-0.3, -0.25) is 9.48 Å². The summed E-state index contributed by atoms with van der Waals surface area (Å²) in [6, 6.07) is 3.17. The third-order valence-corrected chi connectivity index (χ3v) is 6.00. The van der Waals surface area contributed by atoms with Crippen molar-refractivity contribution in [1.82, 2.24) is 15.1 Å². The number of nitrogens with zero attached hydrogens (tertiary/aromatic N) is 2. The molecule has 1 aromatic heterocycles. The summed E-state index contributed by atoms with van der Waals surface area (Å²) in [7, 11) is 1.33. The lowest BCUT2D eigenvalue weighted by atomic mass is 10.1. The maximum atomic E-state index is 13.4. The second-order valence-corrected chi connectivity index (χ2v) is 8.87. The molecule has 1 aromatic carbocycles. The zero-order valence-electron chi connectivity index (χ0n) is 20.9. The van der Waals surface area contributed by atoms with Crippen LogP contribution in [0.4, 0.5) is 13.2 Å². The molecule has 1 aliphatic heterocycles. The number of fused-ring (bicyclic) bond motifs is 1. The van der Waals surface area contributed by atoms with Crippen molar-refractivity contribution in [2.75, 3.05) is 33.5 Å². The third kappa shape index (κ3) is 6.98. The number of aryl methyl sites for hydroxylation is 1. The fraction of sp³-hybridized carbons (Fsp3) is 0.600. The van der Waals surface area contributed by atoms with Crippen molar-refractivity contribution in [2.45, 2.75) is 58.5 Å². The Bertz CT molecular complexity index is 1030. The van der Waals surface area contributed by atoms with E-state index < -0.39 is 23.6 Å². The second kappa shape index (κ2) is 12.6. The second-order valence-electron chi connectivity index (χ2n) is 8.87. The van der Waals surface area contributed by atoms with E-state index in [0.717, 1.165) is 30.7 Å². The molecule has 2 N–H and O–H groups in total. The highest BCUT2D eigenvalue weighted by Crippen LogP contribution is 2.37. The first-order chi connectivity index (χ1) is 17.2. The molecule has 0 aliphatic carbocycles. The SMILES string of the molecule is CCc1nn(C[C@@H](C)COC(O)c2cc(OC)ccc2C(F)(F)F)c2c1C(=O)NCCCOCCC2. The summed E-state index contributed by atoms with van der Waals surface area (Å²) in [5, 5.41) is 18.0. The molecule has 1 unspecified atom stereocenters. The minimum Gasteiger partial charge on any atom is -0.497 e. The molecule has 11 heteroatoms. The van der Waals surface area contributed by atoms with Crippen LogP contribution in [0.25, 0.3) is 0 Å². The summed E-state index contributed by atoms with van der Waals surface area (Å²) in [4.78, 5) is 12.9. The summed E-state index contributed by atoms with van der Waals surface area (Å²) < 4.78 is 58.2. The van der Waals surface area contributed by atoms with E-state index in [1.54, 1.807) is 4.68 Å².